The van der Waals surface area contributed by atoms with Crippen molar-refractivity contribution in [2.24, 2.45) is 5.92 Å². The van der Waals surface area contributed by atoms with Crippen molar-refractivity contribution in [3.05, 3.63) is 92.5 Å². The summed E-state index contributed by atoms with van der Waals surface area (Å²) < 4.78 is 12.5. The van der Waals surface area contributed by atoms with E-state index in [1.54, 1.807) is 0 Å². The first-order valence-electron chi connectivity index (χ1n) is 14.2. The number of benzene rings is 3. The van der Waals surface area contributed by atoms with E-state index < -0.39 is 12.0 Å². The first-order chi connectivity index (χ1) is 19.2. The van der Waals surface area contributed by atoms with Gasteiger partial charge in [-0.1, -0.05) is 68.2 Å². The van der Waals surface area contributed by atoms with Crippen molar-refractivity contribution >= 4 is 29.2 Å². The van der Waals surface area contributed by atoms with E-state index in [9.17, 15) is 9.90 Å². The Bertz CT molecular complexity index is 1360. The van der Waals surface area contributed by atoms with Crippen LogP contribution in [0.5, 0.6) is 11.5 Å². The highest BCUT2D eigenvalue weighted by Gasteiger charge is 2.33. The van der Waals surface area contributed by atoms with Crippen LogP contribution < -0.4 is 9.47 Å². The van der Waals surface area contributed by atoms with E-state index in [-0.39, 0.29) is 6.10 Å². The number of fused-ring (bicyclic) bond motifs is 2. The number of carboxylic acid groups (broad SMARTS) is 1. The van der Waals surface area contributed by atoms with Crippen molar-refractivity contribution in [3.8, 4) is 11.5 Å². The number of aliphatic carboxylic acids is 1. The fourth-order valence-electron chi connectivity index (χ4n) is 5.97. The van der Waals surface area contributed by atoms with Crippen LogP contribution in [0.15, 0.2) is 54.6 Å². The van der Waals surface area contributed by atoms with Gasteiger partial charge in [0.1, 0.15) is 23.6 Å². The number of hydrogen-bond donors (Lipinski definition) is 1. The zero-order valence-electron chi connectivity index (χ0n) is 23.3. The van der Waals surface area contributed by atoms with E-state index in [2.05, 4.69) is 49.9 Å². The maximum Gasteiger partial charge on any atom is 0.321 e. The fourth-order valence-corrected chi connectivity index (χ4v) is 6.27. The van der Waals surface area contributed by atoms with Crippen molar-refractivity contribution in [1.29, 1.82) is 0 Å². The largest absolute Gasteiger partial charge is 0.493 e. The summed E-state index contributed by atoms with van der Waals surface area (Å²) in [4.78, 5) is 14.1. The molecule has 0 aromatic heterocycles. The zero-order chi connectivity index (χ0) is 28.4. The summed E-state index contributed by atoms with van der Waals surface area (Å²) in [6.45, 7) is 8.42. The lowest BCUT2D eigenvalue weighted by Gasteiger charge is -2.36. The molecule has 40 heavy (non-hydrogen) atoms. The van der Waals surface area contributed by atoms with Gasteiger partial charge >= 0.3 is 5.97 Å². The van der Waals surface area contributed by atoms with Crippen LogP contribution >= 0.6 is 23.2 Å². The second-order valence-electron chi connectivity index (χ2n) is 11.4. The Hall–Kier alpha value is -2.73. The predicted molar refractivity (Wildman–Crippen MR) is 160 cm³/mol. The number of hydrogen-bond acceptors (Lipinski definition) is 4. The van der Waals surface area contributed by atoms with Gasteiger partial charge in [0.15, 0.2) is 0 Å². The minimum absolute atomic E-state index is 0.110. The summed E-state index contributed by atoms with van der Waals surface area (Å²) in [7, 11) is 0. The lowest BCUT2D eigenvalue weighted by molar-refractivity contribution is -0.144. The van der Waals surface area contributed by atoms with Gasteiger partial charge in [0.25, 0.3) is 0 Å². The molecular formula is C33H37Cl2NO4. The molecule has 0 fully saturated rings. The van der Waals surface area contributed by atoms with Crippen molar-refractivity contribution in [3.63, 3.8) is 0 Å². The summed E-state index contributed by atoms with van der Waals surface area (Å²) in [5.41, 5.74) is 5.78. The number of rotatable bonds is 8. The molecule has 2 aliphatic rings. The van der Waals surface area contributed by atoms with Gasteiger partial charge in [-0.25, -0.2) is 0 Å². The van der Waals surface area contributed by atoms with Crippen molar-refractivity contribution in [2.45, 2.75) is 71.1 Å². The molecule has 0 bridgehead atoms. The molecule has 2 heterocycles. The quantitative estimate of drug-likeness (QED) is 0.291. The molecule has 3 aromatic rings. The highest BCUT2D eigenvalue weighted by atomic mass is 35.5. The summed E-state index contributed by atoms with van der Waals surface area (Å²) in [6, 6.07) is 17.9. The summed E-state index contributed by atoms with van der Waals surface area (Å²) in [5, 5.41) is 10.9. The van der Waals surface area contributed by atoms with E-state index in [1.165, 1.54) is 16.7 Å². The van der Waals surface area contributed by atoms with Gasteiger partial charge in [0, 0.05) is 13.1 Å². The molecule has 0 spiro atoms. The maximum absolute atomic E-state index is 12.0. The molecule has 0 saturated carbocycles. The van der Waals surface area contributed by atoms with Gasteiger partial charge in [-0.15, -0.1) is 0 Å². The Morgan fingerprint density at radius 1 is 1.02 bits per heavy atom. The van der Waals surface area contributed by atoms with Crippen molar-refractivity contribution in [1.82, 2.24) is 4.90 Å². The molecule has 7 heteroatoms. The Labute approximate surface area is 247 Å². The van der Waals surface area contributed by atoms with Crippen LogP contribution in [0.3, 0.4) is 0 Å². The SMILES string of the molecule is CC[C@@H](Oc1ccc([C@@H]2CCOc3cc4c(cc3C2)CN(CC(C)C)[C@H](C(=O)O)C4)cc1)c1ccc(Cl)c(Cl)c1. The van der Waals surface area contributed by atoms with Crippen LogP contribution in [-0.4, -0.2) is 35.2 Å². The Morgan fingerprint density at radius 3 is 2.48 bits per heavy atom. The molecular weight excluding hydrogens is 545 g/mol. The predicted octanol–water partition coefficient (Wildman–Crippen LogP) is 8.10. The molecule has 3 aromatic carbocycles. The monoisotopic (exact) mass is 581 g/mol. The topological polar surface area (TPSA) is 59.0 Å². The number of nitrogens with zero attached hydrogens (tertiary/aromatic N) is 1. The fraction of sp³-hybridized carbons (Fsp3) is 0.424. The molecule has 2 aliphatic heterocycles. The average Bonchev–Trinajstić information content (AvgIpc) is 3.13. The Kier molecular flexibility index (Phi) is 8.94. The molecule has 0 unspecified atom stereocenters. The van der Waals surface area contributed by atoms with Gasteiger partial charge < -0.3 is 14.6 Å². The Balaban J connectivity index is 1.32. The number of ether oxygens (including phenoxy) is 2. The first kappa shape index (κ1) is 28.8. The minimum Gasteiger partial charge on any atom is -0.493 e. The van der Waals surface area contributed by atoms with Crippen LogP contribution in [-0.2, 0) is 24.2 Å². The van der Waals surface area contributed by atoms with Crippen LogP contribution in [0.1, 0.15) is 73.5 Å². The smallest absolute Gasteiger partial charge is 0.321 e. The van der Waals surface area contributed by atoms with Crippen LogP contribution in [0.2, 0.25) is 10.0 Å². The summed E-state index contributed by atoms with van der Waals surface area (Å²) in [5.74, 6) is 1.69. The lowest BCUT2D eigenvalue weighted by atomic mass is 9.86. The summed E-state index contributed by atoms with van der Waals surface area (Å²) in [6.07, 6.45) is 3.01. The van der Waals surface area contributed by atoms with Gasteiger partial charge in [-0.3, -0.25) is 9.69 Å². The molecule has 212 valence electrons. The van der Waals surface area contributed by atoms with E-state index in [1.807, 2.05) is 30.3 Å². The van der Waals surface area contributed by atoms with Crippen LogP contribution in [0.4, 0.5) is 0 Å². The second-order valence-corrected chi connectivity index (χ2v) is 12.2. The van der Waals surface area contributed by atoms with Gasteiger partial charge in [0.2, 0.25) is 0 Å². The first-order valence-corrected chi connectivity index (χ1v) is 14.9. The van der Waals surface area contributed by atoms with E-state index in [0.717, 1.165) is 48.4 Å². The van der Waals surface area contributed by atoms with Crippen molar-refractivity contribution in [2.75, 3.05) is 13.2 Å². The highest BCUT2D eigenvalue weighted by Crippen LogP contribution is 2.38. The van der Waals surface area contributed by atoms with E-state index in [0.29, 0.717) is 41.5 Å². The lowest BCUT2D eigenvalue weighted by Crippen LogP contribution is -2.47. The molecule has 0 amide bonds. The molecule has 0 radical (unpaired) electrons. The minimum atomic E-state index is -0.753. The van der Waals surface area contributed by atoms with Gasteiger partial charge in [-0.2, -0.15) is 0 Å². The second kappa shape index (κ2) is 12.4. The standard InChI is InChI=1S/C33H37Cl2NO4/c1-4-31(23-7-10-28(34)29(35)15-23)40-27-8-5-21(6-9-27)22-11-12-39-32-17-24-16-30(33(37)38)36(18-20(2)3)19-26(24)14-25(32)13-22/h5-10,14-15,17,20,22,30-31H,4,11-13,16,18-19H2,1-3H3,(H,37,38)/t22-,30+,31-/m1/s1. The summed E-state index contributed by atoms with van der Waals surface area (Å²) >= 11 is 12.3. The molecule has 3 atom stereocenters. The third-order valence-corrected chi connectivity index (χ3v) is 8.74. The molecule has 0 saturated heterocycles. The van der Waals surface area contributed by atoms with Gasteiger partial charge in [-0.05, 0) is 95.7 Å². The van der Waals surface area contributed by atoms with E-state index in [4.69, 9.17) is 32.7 Å². The van der Waals surface area contributed by atoms with Crippen molar-refractivity contribution < 1.29 is 19.4 Å². The van der Waals surface area contributed by atoms with E-state index >= 15 is 0 Å². The van der Waals surface area contributed by atoms with Gasteiger partial charge in [0.05, 0.1) is 16.7 Å². The number of halogens is 2. The molecule has 5 nitrogen and oxygen atoms in total. The molecule has 5 rings (SSSR count). The Morgan fingerprint density at radius 2 is 1.80 bits per heavy atom. The number of carboxylic acids is 1. The van der Waals surface area contributed by atoms with Crippen LogP contribution in [0.25, 0.3) is 0 Å². The number of carbonyl (C=O) groups is 1. The third kappa shape index (κ3) is 6.43. The maximum atomic E-state index is 12.0. The third-order valence-electron chi connectivity index (χ3n) is 8.00. The average molecular weight is 583 g/mol. The zero-order valence-corrected chi connectivity index (χ0v) is 24.8. The molecule has 1 N–H and O–H groups in total. The normalized spacial score (nSPS) is 19.8. The van der Waals surface area contributed by atoms with Crippen LogP contribution in [0, 0.1) is 5.92 Å². The molecule has 0 aliphatic carbocycles. The highest BCUT2D eigenvalue weighted by molar-refractivity contribution is 6.42.